The normalized spacial score (nSPS) is 46.7. The molecule has 9 unspecified atom stereocenters. The molecule has 0 aromatic heterocycles. The van der Waals surface area contributed by atoms with Gasteiger partial charge < -0.3 is 15.3 Å². The number of carboxylic acid groups (broad SMARTS) is 1. The average Bonchev–Trinajstić information content (AvgIpc) is 3.11. The summed E-state index contributed by atoms with van der Waals surface area (Å²) in [6.07, 6.45) is 11.5. The quantitative estimate of drug-likeness (QED) is 0.321. The van der Waals surface area contributed by atoms with Gasteiger partial charge in [-0.25, -0.2) is 4.79 Å². The van der Waals surface area contributed by atoms with Crippen LogP contribution in [0.2, 0.25) is 0 Å². The Balaban J connectivity index is 1.62. The van der Waals surface area contributed by atoms with Crippen LogP contribution in [0, 0.1) is 45.3 Å². The Hall–Kier alpha value is -1.13. The maximum Gasteiger partial charge on any atom is 0.330 e. The molecule has 9 atom stereocenters. The van der Waals surface area contributed by atoms with Gasteiger partial charge in [-0.1, -0.05) is 59.3 Å². The summed E-state index contributed by atoms with van der Waals surface area (Å²) in [6, 6.07) is 0. The number of aliphatic hydroxyl groups excluding tert-OH is 2. The Morgan fingerprint density at radius 3 is 2.41 bits per heavy atom. The highest BCUT2D eigenvalue weighted by molar-refractivity contribution is 5.85. The second kappa shape index (κ2) is 8.47. The molecule has 0 bridgehead atoms. The standard InChI is InChI=1S/C30H48O4/c1-18(9-8-10-19(2)26(33)34)20-13-15-28(5)21(20)11-12-23-29(28,6)16-14-22-27(3,4)24(31)17-25(32)30(22,23)7/h10-11,18,20,22-25,31-32H,8-9,12-17H2,1-7H3,(H,33,34)/b19-10+. The molecular weight excluding hydrogens is 424 g/mol. The van der Waals surface area contributed by atoms with Crippen LogP contribution in [0.4, 0.5) is 0 Å². The topological polar surface area (TPSA) is 77.8 Å². The summed E-state index contributed by atoms with van der Waals surface area (Å²) in [4.78, 5) is 11.1. The molecule has 0 saturated heterocycles. The van der Waals surface area contributed by atoms with Crippen LogP contribution in [0.25, 0.3) is 0 Å². The van der Waals surface area contributed by atoms with Gasteiger partial charge in [0, 0.05) is 17.4 Å². The molecule has 4 aliphatic carbocycles. The molecule has 34 heavy (non-hydrogen) atoms. The first-order valence-electron chi connectivity index (χ1n) is 13.7. The summed E-state index contributed by atoms with van der Waals surface area (Å²) in [5.41, 5.74) is 2.04. The predicted molar refractivity (Wildman–Crippen MR) is 136 cm³/mol. The van der Waals surface area contributed by atoms with Crippen molar-refractivity contribution in [2.45, 2.75) is 112 Å². The van der Waals surface area contributed by atoms with Gasteiger partial charge in [0.15, 0.2) is 0 Å². The maximum absolute atomic E-state index is 11.4. The minimum Gasteiger partial charge on any atom is -0.478 e. The fraction of sp³-hybridized carbons (Fsp3) is 0.833. The summed E-state index contributed by atoms with van der Waals surface area (Å²) in [7, 11) is 0. The highest BCUT2D eigenvalue weighted by atomic mass is 16.4. The van der Waals surface area contributed by atoms with Crippen molar-refractivity contribution in [1.82, 2.24) is 0 Å². The number of aliphatic hydroxyl groups is 2. The number of allylic oxidation sites excluding steroid dienone is 3. The molecule has 192 valence electrons. The van der Waals surface area contributed by atoms with E-state index in [1.54, 1.807) is 12.5 Å². The van der Waals surface area contributed by atoms with Crippen molar-refractivity contribution < 1.29 is 20.1 Å². The molecule has 4 rings (SSSR count). The van der Waals surface area contributed by atoms with E-state index >= 15 is 0 Å². The van der Waals surface area contributed by atoms with Gasteiger partial charge in [-0.05, 0) is 91.8 Å². The van der Waals surface area contributed by atoms with Crippen molar-refractivity contribution in [3.63, 3.8) is 0 Å². The first-order valence-corrected chi connectivity index (χ1v) is 13.7. The summed E-state index contributed by atoms with van der Waals surface area (Å²) < 4.78 is 0. The van der Waals surface area contributed by atoms with Crippen molar-refractivity contribution in [1.29, 1.82) is 0 Å². The Morgan fingerprint density at radius 1 is 1.09 bits per heavy atom. The number of fused-ring (bicyclic) bond motifs is 5. The lowest BCUT2D eigenvalue weighted by Crippen LogP contribution is -2.66. The van der Waals surface area contributed by atoms with Crippen LogP contribution >= 0.6 is 0 Å². The van der Waals surface area contributed by atoms with Gasteiger partial charge in [0.05, 0.1) is 12.2 Å². The third-order valence-electron chi connectivity index (χ3n) is 12.1. The van der Waals surface area contributed by atoms with E-state index in [2.05, 4.69) is 47.6 Å². The lowest BCUT2D eigenvalue weighted by molar-refractivity contribution is -0.237. The van der Waals surface area contributed by atoms with Gasteiger partial charge in [-0.3, -0.25) is 0 Å². The summed E-state index contributed by atoms with van der Waals surface area (Å²) in [5.74, 6) is 1.04. The van der Waals surface area contributed by atoms with Crippen LogP contribution in [-0.2, 0) is 4.79 Å². The Morgan fingerprint density at radius 2 is 1.76 bits per heavy atom. The molecular formula is C30H48O4. The van der Waals surface area contributed by atoms with Crippen LogP contribution < -0.4 is 0 Å². The van der Waals surface area contributed by atoms with Crippen molar-refractivity contribution in [3.05, 3.63) is 23.3 Å². The smallest absolute Gasteiger partial charge is 0.330 e. The number of aliphatic carboxylic acids is 1. The molecule has 3 N–H and O–H groups in total. The van der Waals surface area contributed by atoms with Crippen molar-refractivity contribution in [2.75, 3.05) is 0 Å². The van der Waals surface area contributed by atoms with Crippen LogP contribution in [-0.4, -0.2) is 33.5 Å². The molecule has 0 aliphatic heterocycles. The average molecular weight is 473 g/mol. The molecule has 4 heteroatoms. The Labute approximate surface area is 206 Å². The molecule has 0 radical (unpaired) electrons. The van der Waals surface area contributed by atoms with E-state index in [0.29, 0.717) is 35.7 Å². The van der Waals surface area contributed by atoms with E-state index in [4.69, 9.17) is 5.11 Å². The second-order valence-electron chi connectivity index (χ2n) is 13.6. The zero-order valence-electron chi connectivity index (χ0n) is 22.5. The Bertz CT molecular complexity index is 886. The summed E-state index contributed by atoms with van der Waals surface area (Å²) >= 11 is 0. The number of carboxylic acids is 1. The van der Waals surface area contributed by atoms with E-state index in [1.165, 1.54) is 12.8 Å². The molecule has 0 aromatic carbocycles. The maximum atomic E-state index is 11.4. The fourth-order valence-corrected chi connectivity index (χ4v) is 9.50. The molecule has 3 fully saturated rings. The highest BCUT2D eigenvalue weighted by Crippen LogP contribution is 2.74. The fourth-order valence-electron chi connectivity index (χ4n) is 9.50. The van der Waals surface area contributed by atoms with Crippen LogP contribution in [0.5, 0.6) is 0 Å². The van der Waals surface area contributed by atoms with Gasteiger partial charge in [0.1, 0.15) is 0 Å². The summed E-state index contributed by atoms with van der Waals surface area (Å²) in [6.45, 7) is 15.8. The minimum absolute atomic E-state index is 0.148. The van der Waals surface area contributed by atoms with E-state index in [-0.39, 0.29) is 21.7 Å². The zero-order chi connectivity index (χ0) is 25.3. The third kappa shape index (κ3) is 3.49. The minimum atomic E-state index is -0.820. The summed E-state index contributed by atoms with van der Waals surface area (Å²) in [5, 5.41) is 31.4. The zero-order valence-corrected chi connectivity index (χ0v) is 22.5. The van der Waals surface area contributed by atoms with Gasteiger partial charge >= 0.3 is 5.97 Å². The number of rotatable bonds is 5. The van der Waals surface area contributed by atoms with Crippen molar-refractivity contribution >= 4 is 5.97 Å². The highest BCUT2D eigenvalue weighted by Gasteiger charge is 2.69. The molecule has 0 spiro atoms. The molecule has 4 nitrogen and oxygen atoms in total. The van der Waals surface area contributed by atoms with Gasteiger partial charge in [-0.15, -0.1) is 0 Å². The third-order valence-corrected chi connectivity index (χ3v) is 12.1. The lowest BCUT2D eigenvalue weighted by atomic mass is 9.36. The molecule has 0 heterocycles. The van der Waals surface area contributed by atoms with Gasteiger partial charge in [0.25, 0.3) is 0 Å². The number of hydrogen-bond donors (Lipinski definition) is 3. The Kier molecular flexibility index (Phi) is 6.47. The monoisotopic (exact) mass is 472 g/mol. The van der Waals surface area contributed by atoms with Gasteiger partial charge in [0.2, 0.25) is 0 Å². The number of carbonyl (C=O) groups is 1. The predicted octanol–water partition coefficient (Wildman–Crippen LogP) is 6.37. The van der Waals surface area contributed by atoms with Crippen LogP contribution in [0.3, 0.4) is 0 Å². The first-order chi connectivity index (χ1) is 15.7. The van der Waals surface area contributed by atoms with Crippen molar-refractivity contribution in [3.8, 4) is 0 Å². The van der Waals surface area contributed by atoms with Crippen molar-refractivity contribution in [2.24, 2.45) is 45.3 Å². The number of hydrogen-bond acceptors (Lipinski definition) is 3. The molecule has 4 aliphatic rings. The second-order valence-corrected chi connectivity index (χ2v) is 13.6. The largest absolute Gasteiger partial charge is 0.478 e. The SMILES string of the molecule is C/C(=C\CCC(C)C1CCC2(C)C1=CCC1C3(C)C(O)CC(O)C(C)(C)C3CCC12C)C(=O)O. The molecule has 0 aromatic rings. The van der Waals surface area contributed by atoms with Gasteiger partial charge in [-0.2, -0.15) is 0 Å². The van der Waals surface area contributed by atoms with E-state index in [9.17, 15) is 15.0 Å². The van der Waals surface area contributed by atoms with E-state index in [1.807, 2.05) is 6.08 Å². The van der Waals surface area contributed by atoms with Crippen LogP contribution in [0.1, 0.15) is 99.8 Å². The molecule has 3 saturated carbocycles. The van der Waals surface area contributed by atoms with E-state index < -0.39 is 18.2 Å². The van der Waals surface area contributed by atoms with E-state index in [0.717, 1.165) is 32.1 Å². The van der Waals surface area contributed by atoms with Crippen LogP contribution in [0.15, 0.2) is 23.3 Å². The molecule has 0 amide bonds. The lowest BCUT2D eigenvalue weighted by Gasteiger charge is -2.69. The first kappa shape index (κ1) is 25.9.